The number of rotatable bonds is 6. The Balaban J connectivity index is 4.30. The predicted octanol–water partition coefficient (Wildman–Crippen LogP) is 2.47. The van der Waals surface area contributed by atoms with Crippen molar-refractivity contribution in [3.63, 3.8) is 0 Å². The SMILES string of the molecule is CC[Si](CC)(O[SiH](C)C)O[SiH](C)C. The van der Waals surface area contributed by atoms with Crippen molar-refractivity contribution in [2.24, 2.45) is 0 Å². The molecule has 0 fully saturated rings. The van der Waals surface area contributed by atoms with Crippen molar-refractivity contribution in [1.29, 1.82) is 0 Å². The van der Waals surface area contributed by atoms with Crippen LogP contribution in [0.3, 0.4) is 0 Å². The van der Waals surface area contributed by atoms with Crippen LogP contribution in [0.4, 0.5) is 0 Å². The van der Waals surface area contributed by atoms with Gasteiger partial charge in [-0.05, 0) is 38.3 Å². The molecular formula is C8H24O2Si3. The first-order valence-electron chi connectivity index (χ1n) is 5.31. The van der Waals surface area contributed by atoms with Crippen LogP contribution in [0.15, 0.2) is 0 Å². The van der Waals surface area contributed by atoms with E-state index in [4.69, 9.17) is 8.23 Å². The maximum absolute atomic E-state index is 6.14. The van der Waals surface area contributed by atoms with E-state index in [0.717, 1.165) is 12.1 Å². The Morgan fingerprint density at radius 2 is 1.15 bits per heavy atom. The van der Waals surface area contributed by atoms with E-state index in [1.807, 2.05) is 0 Å². The molecule has 0 heterocycles. The first-order chi connectivity index (χ1) is 5.95. The van der Waals surface area contributed by atoms with Crippen LogP contribution in [0.1, 0.15) is 13.8 Å². The topological polar surface area (TPSA) is 18.5 Å². The summed E-state index contributed by atoms with van der Waals surface area (Å²) in [5, 5.41) is 0. The average molecular weight is 237 g/mol. The van der Waals surface area contributed by atoms with Crippen molar-refractivity contribution in [2.75, 3.05) is 0 Å². The minimum absolute atomic E-state index is 0.931. The molecule has 0 N–H and O–H groups in total. The van der Waals surface area contributed by atoms with Gasteiger partial charge in [-0.25, -0.2) is 0 Å². The summed E-state index contributed by atoms with van der Waals surface area (Å²) >= 11 is 0. The van der Waals surface area contributed by atoms with Crippen LogP contribution < -0.4 is 0 Å². The Morgan fingerprint density at radius 1 is 0.846 bits per heavy atom. The van der Waals surface area contributed by atoms with Crippen LogP contribution in [0.5, 0.6) is 0 Å². The van der Waals surface area contributed by atoms with Crippen LogP contribution in [-0.4, -0.2) is 26.6 Å². The lowest BCUT2D eigenvalue weighted by atomic mass is 10.9. The molecule has 0 aromatic rings. The van der Waals surface area contributed by atoms with Crippen LogP contribution in [0, 0.1) is 0 Å². The first kappa shape index (κ1) is 13.6. The molecule has 0 atom stereocenters. The van der Waals surface area contributed by atoms with E-state index in [1.54, 1.807) is 0 Å². The molecule has 0 bridgehead atoms. The van der Waals surface area contributed by atoms with Gasteiger partial charge in [-0.2, -0.15) is 0 Å². The summed E-state index contributed by atoms with van der Waals surface area (Å²) in [6.45, 7) is 13.4. The summed E-state index contributed by atoms with van der Waals surface area (Å²) in [4.78, 5) is 0. The lowest BCUT2D eigenvalue weighted by molar-refractivity contribution is 0.395. The molecule has 0 aliphatic carbocycles. The van der Waals surface area contributed by atoms with Gasteiger partial charge in [0.2, 0.25) is 0 Å². The smallest absolute Gasteiger partial charge is 0.316 e. The maximum atomic E-state index is 6.14. The second kappa shape index (κ2) is 6.13. The maximum Gasteiger partial charge on any atom is 0.316 e. The van der Waals surface area contributed by atoms with Crippen molar-refractivity contribution < 1.29 is 8.23 Å². The highest BCUT2D eigenvalue weighted by Crippen LogP contribution is 2.20. The van der Waals surface area contributed by atoms with Gasteiger partial charge in [-0.1, -0.05) is 13.8 Å². The quantitative estimate of drug-likeness (QED) is 0.660. The molecule has 0 aromatic heterocycles. The first-order valence-corrected chi connectivity index (χ1v) is 13.1. The second-order valence-corrected chi connectivity index (χ2v) is 13.3. The van der Waals surface area contributed by atoms with Gasteiger partial charge < -0.3 is 8.23 Å². The largest absolute Gasteiger partial charge is 0.439 e. The third-order valence-electron chi connectivity index (χ3n) is 1.98. The Kier molecular flexibility index (Phi) is 6.40. The summed E-state index contributed by atoms with van der Waals surface area (Å²) < 4.78 is 12.3. The van der Waals surface area contributed by atoms with Crippen LogP contribution in [-0.2, 0) is 8.23 Å². The molecule has 0 amide bonds. The van der Waals surface area contributed by atoms with Crippen molar-refractivity contribution in [1.82, 2.24) is 0 Å². The lowest BCUT2D eigenvalue weighted by Gasteiger charge is -2.33. The Labute approximate surface area is 87.4 Å². The van der Waals surface area contributed by atoms with Crippen molar-refractivity contribution in [2.45, 2.75) is 52.1 Å². The zero-order valence-corrected chi connectivity index (χ0v) is 13.2. The number of hydrogen-bond acceptors (Lipinski definition) is 2. The second-order valence-electron chi connectivity index (χ2n) is 3.95. The van der Waals surface area contributed by atoms with Crippen LogP contribution in [0.2, 0.25) is 38.3 Å². The minimum atomic E-state index is -1.75. The fourth-order valence-corrected chi connectivity index (χ4v) is 12.2. The Hall–Kier alpha value is 0.571. The molecule has 0 saturated heterocycles. The van der Waals surface area contributed by atoms with Gasteiger partial charge in [0, 0.05) is 0 Å². The molecule has 0 radical (unpaired) electrons. The normalized spacial score (nSPS) is 12.9. The summed E-state index contributed by atoms with van der Waals surface area (Å²) in [5.41, 5.74) is 0. The van der Waals surface area contributed by atoms with E-state index in [0.29, 0.717) is 0 Å². The molecule has 13 heavy (non-hydrogen) atoms. The monoisotopic (exact) mass is 236 g/mol. The van der Waals surface area contributed by atoms with Gasteiger partial charge in [0.05, 0.1) is 0 Å². The molecule has 0 spiro atoms. The van der Waals surface area contributed by atoms with Gasteiger partial charge in [0.1, 0.15) is 0 Å². The van der Waals surface area contributed by atoms with Crippen molar-refractivity contribution >= 4 is 26.6 Å². The van der Waals surface area contributed by atoms with E-state index >= 15 is 0 Å². The van der Waals surface area contributed by atoms with Crippen LogP contribution >= 0.6 is 0 Å². The summed E-state index contributed by atoms with van der Waals surface area (Å²) in [5.74, 6) is 0. The highest BCUT2D eigenvalue weighted by atomic mass is 28.5. The van der Waals surface area contributed by atoms with Gasteiger partial charge >= 0.3 is 8.56 Å². The molecule has 0 aliphatic heterocycles. The van der Waals surface area contributed by atoms with Gasteiger partial charge in [-0.15, -0.1) is 0 Å². The molecule has 0 aliphatic rings. The number of hydrogen-bond donors (Lipinski definition) is 0. The van der Waals surface area contributed by atoms with Gasteiger partial charge in [-0.3, -0.25) is 0 Å². The lowest BCUT2D eigenvalue weighted by Crippen LogP contribution is -2.46. The molecule has 0 unspecified atom stereocenters. The Morgan fingerprint density at radius 3 is 1.31 bits per heavy atom. The minimum Gasteiger partial charge on any atom is -0.439 e. The summed E-state index contributed by atoms with van der Waals surface area (Å²) in [6.07, 6.45) is 0. The van der Waals surface area contributed by atoms with Crippen molar-refractivity contribution in [3.05, 3.63) is 0 Å². The van der Waals surface area contributed by atoms with E-state index < -0.39 is 26.6 Å². The third kappa shape index (κ3) is 5.12. The fraction of sp³-hybridized carbons (Fsp3) is 1.00. The predicted molar refractivity (Wildman–Crippen MR) is 66.6 cm³/mol. The van der Waals surface area contributed by atoms with Crippen molar-refractivity contribution in [3.8, 4) is 0 Å². The summed E-state index contributed by atoms with van der Waals surface area (Å²) in [7, 11) is -3.61. The molecule has 2 nitrogen and oxygen atoms in total. The molecule has 0 aromatic carbocycles. The zero-order valence-electron chi connectivity index (χ0n) is 9.89. The highest BCUT2D eigenvalue weighted by molar-refractivity contribution is 6.79. The van der Waals surface area contributed by atoms with E-state index in [1.165, 1.54) is 0 Å². The molecular weight excluding hydrogens is 212 g/mol. The molecule has 80 valence electrons. The van der Waals surface area contributed by atoms with Gasteiger partial charge in [0.15, 0.2) is 18.1 Å². The summed E-state index contributed by atoms with van der Waals surface area (Å²) in [6, 6.07) is 2.22. The van der Waals surface area contributed by atoms with E-state index in [-0.39, 0.29) is 0 Å². The fourth-order valence-electron chi connectivity index (χ4n) is 1.47. The highest BCUT2D eigenvalue weighted by Gasteiger charge is 2.34. The Bertz CT molecular complexity index is 123. The van der Waals surface area contributed by atoms with E-state index in [9.17, 15) is 0 Å². The van der Waals surface area contributed by atoms with E-state index in [2.05, 4.69) is 40.0 Å². The molecule has 5 heteroatoms. The molecule has 0 saturated carbocycles. The molecule has 0 rings (SSSR count). The third-order valence-corrected chi connectivity index (χ3v) is 11.3. The van der Waals surface area contributed by atoms with Gasteiger partial charge in [0.25, 0.3) is 0 Å². The zero-order chi connectivity index (χ0) is 10.5. The van der Waals surface area contributed by atoms with Crippen LogP contribution in [0.25, 0.3) is 0 Å². The average Bonchev–Trinajstić information content (AvgIpc) is 2.01. The standard InChI is InChI=1S/C8H24O2Si3/c1-7-13(8-2,9-11(3)4)10-12(5)6/h11-12H,7-8H2,1-6H3.